The summed E-state index contributed by atoms with van der Waals surface area (Å²) < 4.78 is 60.2. The Hall–Kier alpha value is -0.870. The summed E-state index contributed by atoms with van der Waals surface area (Å²) in [5.74, 6) is -0.965. The molecule has 0 amide bonds. The first-order valence-corrected chi connectivity index (χ1v) is 6.29. The first kappa shape index (κ1) is 15.1. The normalized spacial score (nSPS) is 11.9. The molecule has 0 aliphatic heterocycles. The maximum Gasteiger partial charge on any atom is 0.299 e. The van der Waals surface area contributed by atoms with Crippen LogP contribution in [0.15, 0.2) is 28.0 Å². The quantitative estimate of drug-likeness (QED) is 0.668. The third kappa shape index (κ3) is 3.06. The van der Waals surface area contributed by atoms with Gasteiger partial charge >= 0.3 is 0 Å². The highest BCUT2D eigenvalue weighted by atomic mass is 35.5. The Balaban J connectivity index is 0.00000225. The molecule has 0 fully saturated rings. The summed E-state index contributed by atoms with van der Waals surface area (Å²) in [6.45, 7) is 0. The van der Waals surface area contributed by atoms with Crippen molar-refractivity contribution in [3.8, 4) is 5.75 Å². The van der Waals surface area contributed by atoms with Crippen LogP contribution in [0.4, 0.5) is 0 Å². The molecule has 0 aliphatic carbocycles. The van der Waals surface area contributed by atoms with Gasteiger partial charge in [0.2, 0.25) is 0 Å². The monoisotopic (exact) mass is 290 g/mol. The molecule has 0 saturated carbocycles. The molecule has 0 aromatic heterocycles. The Morgan fingerprint density at radius 3 is 1.75 bits per heavy atom. The van der Waals surface area contributed by atoms with Gasteiger partial charge < -0.3 is 5.11 Å². The SMILES string of the molecule is Cl.O=S(=O)(O)c1cccc(O)c1S(=O)(=O)O. The molecule has 0 unspecified atom stereocenters. The summed E-state index contributed by atoms with van der Waals surface area (Å²) in [5, 5.41) is 9.08. The lowest BCUT2D eigenvalue weighted by Crippen LogP contribution is -2.08. The van der Waals surface area contributed by atoms with Gasteiger partial charge in [-0.1, -0.05) is 6.07 Å². The van der Waals surface area contributed by atoms with Crippen LogP contribution in [0.25, 0.3) is 0 Å². The van der Waals surface area contributed by atoms with Gasteiger partial charge in [0.25, 0.3) is 20.2 Å². The van der Waals surface area contributed by atoms with Crippen molar-refractivity contribution in [3.63, 3.8) is 0 Å². The number of rotatable bonds is 2. The average Bonchev–Trinajstić information content (AvgIpc) is 1.99. The predicted octanol–water partition coefficient (Wildman–Crippen LogP) is 0.307. The summed E-state index contributed by atoms with van der Waals surface area (Å²) in [4.78, 5) is -2.32. The van der Waals surface area contributed by atoms with Crippen LogP contribution >= 0.6 is 12.4 Å². The molecular weight excluding hydrogens is 284 g/mol. The van der Waals surface area contributed by atoms with Crippen molar-refractivity contribution in [3.05, 3.63) is 18.2 Å². The minimum atomic E-state index is -4.94. The van der Waals surface area contributed by atoms with Crippen molar-refractivity contribution in [2.45, 2.75) is 9.79 Å². The Bertz CT molecular complexity index is 589. The lowest BCUT2D eigenvalue weighted by atomic mass is 10.3. The van der Waals surface area contributed by atoms with Gasteiger partial charge in [-0.15, -0.1) is 12.4 Å². The van der Waals surface area contributed by atoms with Crippen molar-refractivity contribution in [2.75, 3.05) is 0 Å². The summed E-state index contributed by atoms with van der Waals surface area (Å²) >= 11 is 0. The van der Waals surface area contributed by atoms with E-state index in [4.69, 9.17) is 14.2 Å². The zero-order chi connectivity index (χ0) is 11.9. The Morgan fingerprint density at radius 1 is 0.938 bits per heavy atom. The van der Waals surface area contributed by atoms with E-state index in [-0.39, 0.29) is 12.4 Å². The number of phenolic OH excluding ortho intramolecular Hbond substituents is 1. The summed E-state index contributed by atoms with van der Waals surface area (Å²) in [6, 6.07) is 2.60. The van der Waals surface area contributed by atoms with Crippen molar-refractivity contribution >= 4 is 32.6 Å². The largest absolute Gasteiger partial charge is 0.506 e. The first-order chi connectivity index (χ1) is 6.64. The summed E-state index contributed by atoms with van der Waals surface area (Å²) in [5.41, 5.74) is 0. The van der Waals surface area contributed by atoms with Gasteiger partial charge in [-0.25, -0.2) is 0 Å². The fourth-order valence-electron chi connectivity index (χ4n) is 0.967. The van der Waals surface area contributed by atoms with Gasteiger partial charge in [-0.2, -0.15) is 16.8 Å². The molecule has 0 saturated heterocycles. The van der Waals surface area contributed by atoms with Crippen LogP contribution in [0.3, 0.4) is 0 Å². The highest BCUT2D eigenvalue weighted by Crippen LogP contribution is 2.29. The number of hydrogen-bond acceptors (Lipinski definition) is 5. The van der Waals surface area contributed by atoms with E-state index in [0.717, 1.165) is 18.2 Å². The van der Waals surface area contributed by atoms with E-state index in [1.807, 2.05) is 0 Å². The molecule has 0 aliphatic rings. The first-order valence-electron chi connectivity index (χ1n) is 3.41. The molecule has 1 aromatic rings. The Labute approximate surface area is 97.6 Å². The number of halogens is 1. The fourth-order valence-corrected chi connectivity index (χ4v) is 2.84. The number of phenols is 1. The van der Waals surface area contributed by atoms with E-state index < -0.39 is 35.8 Å². The highest BCUT2D eigenvalue weighted by Gasteiger charge is 2.26. The summed E-state index contributed by atoms with van der Waals surface area (Å²) in [6.07, 6.45) is 0. The van der Waals surface area contributed by atoms with Gasteiger partial charge in [0.05, 0.1) is 0 Å². The van der Waals surface area contributed by atoms with Gasteiger partial charge in [-0.05, 0) is 12.1 Å². The summed E-state index contributed by atoms with van der Waals surface area (Å²) in [7, 11) is -9.77. The predicted molar refractivity (Wildman–Crippen MR) is 55.0 cm³/mol. The third-order valence-electron chi connectivity index (χ3n) is 1.49. The van der Waals surface area contributed by atoms with E-state index in [0.29, 0.717) is 0 Å². The maximum atomic E-state index is 10.7. The lowest BCUT2D eigenvalue weighted by molar-refractivity contribution is 0.431. The lowest BCUT2D eigenvalue weighted by Gasteiger charge is -2.05. The Morgan fingerprint density at radius 2 is 1.44 bits per heavy atom. The van der Waals surface area contributed by atoms with Gasteiger partial charge in [0.15, 0.2) is 4.90 Å². The molecule has 3 N–H and O–H groups in total. The van der Waals surface area contributed by atoms with Crippen LogP contribution in [-0.4, -0.2) is 31.0 Å². The van der Waals surface area contributed by atoms with E-state index in [1.54, 1.807) is 0 Å². The second-order valence-corrected chi connectivity index (χ2v) is 5.30. The molecule has 1 rings (SSSR count). The van der Waals surface area contributed by atoms with Gasteiger partial charge in [0.1, 0.15) is 10.6 Å². The highest BCUT2D eigenvalue weighted by molar-refractivity contribution is 7.89. The zero-order valence-corrected chi connectivity index (χ0v) is 9.88. The van der Waals surface area contributed by atoms with E-state index in [9.17, 15) is 16.8 Å². The van der Waals surface area contributed by atoms with Crippen LogP contribution in [0.2, 0.25) is 0 Å². The van der Waals surface area contributed by atoms with Crippen LogP contribution in [0.1, 0.15) is 0 Å². The molecule has 0 heterocycles. The number of aromatic hydroxyl groups is 1. The third-order valence-corrected chi connectivity index (χ3v) is 3.46. The second kappa shape index (κ2) is 4.55. The molecule has 16 heavy (non-hydrogen) atoms. The van der Waals surface area contributed by atoms with Crippen molar-refractivity contribution in [1.82, 2.24) is 0 Å². The van der Waals surface area contributed by atoms with Crippen LogP contribution in [0, 0.1) is 0 Å². The molecule has 0 spiro atoms. The molecule has 7 nitrogen and oxygen atoms in total. The van der Waals surface area contributed by atoms with Crippen molar-refractivity contribution in [2.24, 2.45) is 0 Å². The molecule has 0 bridgehead atoms. The van der Waals surface area contributed by atoms with Crippen LogP contribution in [-0.2, 0) is 20.2 Å². The van der Waals surface area contributed by atoms with Crippen LogP contribution < -0.4 is 0 Å². The van der Waals surface area contributed by atoms with E-state index in [2.05, 4.69) is 0 Å². The standard InChI is InChI=1S/C6H6O7S2.ClH/c7-4-2-1-3-5(14(8,9)10)6(4)15(11,12)13;/h1-3,7H,(H,8,9,10)(H,11,12,13);1H. The molecule has 1 aromatic carbocycles. The minimum Gasteiger partial charge on any atom is -0.506 e. The van der Waals surface area contributed by atoms with E-state index in [1.165, 1.54) is 0 Å². The molecule has 92 valence electrons. The van der Waals surface area contributed by atoms with Gasteiger partial charge in [-0.3, -0.25) is 9.11 Å². The number of hydrogen-bond donors (Lipinski definition) is 3. The smallest absolute Gasteiger partial charge is 0.299 e. The van der Waals surface area contributed by atoms with Crippen molar-refractivity contribution in [1.29, 1.82) is 0 Å². The molecule has 10 heteroatoms. The maximum absolute atomic E-state index is 10.7. The molecular formula is C6H7ClO7S2. The minimum absolute atomic E-state index is 0. The topological polar surface area (TPSA) is 129 Å². The average molecular weight is 291 g/mol. The fraction of sp³-hybridized carbons (Fsp3) is 0. The van der Waals surface area contributed by atoms with E-state index >= 15 is 0 Å². The number of benzene rings is 1. The molecule has 0 radical (unpaired) electrons. The molecule has 0 atom stereocenters. The van der Waals surface area contributed by atoms with Gasteiger partial charge in [0, 0.05) is 0 Å². The second-order valence-electron chi connectivity index (χ2n) is 2.55. The van der Waals surface area contributed by atoms with Crippen LogP contribution in [0.5, 0.6) is 5.75 Å². The Kier molecular flexibility index (Phi) is 4.31. The zero-order valence-electron chi connectivity index (χ0n) is 7.43. The van der Waals surface area contributed by atoms with Crippen molar-refractivity contribution < 1.29 is 31.0 Å².